The summed E-state index contributed by atoms with van der Waals surface area (Å²) >= 11 is 0. The summed E-state index contributed by atoms with van der Waals surface area (Å²) < 4.78 is 38.8. The van der Waals surface area contributed by atoms with Gasteiger partial charge in [0.05, 0.1) is 56.8 Å². The third kappa shape index (κ3) is 10.3. The Balaban J connectivity index is 0.000000223. The molecule has 4 heterocycles. The molecule has 0 aromatic heterocycles. The van der Waals surface area contributed by atoms with Gasteiger partial charge in [0.15, 0.2) is 12.6 Å². The van der Waals surface area contributed by atoms with Crippen LogP contribution in [0.1, 0.15) is 99.4 Å². The van der Waals surface area contributed by atoms with E-state index in [1.165, 1.54) is 0 Å². The topological polar surface area (TPSA) is 146 Å². The number of phenols is 2. The van der Waals surface area contributed by atoms with Gasteiger partial charge in [-0.05, 0) is 93.1 Å². The molecule has 0 saturated carbocycles. The van der Waals surface area contributed by atoms with E-state index in [9.17, 15) is 20.4 Å². The van der Waals surface area contributed by atoms with E-state index < -0.39 is 12.6 Å². The van der Waals surface area contributed by atoms with Crippen LogP contribution in [-0.4, -0.2) is 81.4 Å². The predicted molar refractivity (Wildman–Crippen MR) is 269 cm³/mol. The van der Waals surface area contributed by atoms with Crippen molar-refractivity contribution in [2.75, 3.05) is 57.5 Å². The fourth-order valence-electron chi connectivity index (χ4n) is 9.85. The molecule has 70 heavy (non-hydrogen) atoms. The van der Waals surface area contributed by atoms with Gasteiger partial charge in [-0.25, -0.2) is 4.58 Å². The van der Waals surface area contributed by atoms with Gasteiger partial charge in [0.25, 0.3) is 0 Å². The van der Waals surface area contributed by atoms with Crippen molar-refractivity contribution < 1.29 is 79.5 Å². The third-order valence-corrected chi connectivity index (χ3v) is 13.3. The molecule has 5 aliphatic rings. The number of ether oxygens (including phenoxy) is 5. The van der Waals surface area contributed by atoms with Crippen molar-refractivity contribution in [2.24, 2.45) is 0 Å². The molecule has 2 fully saturated rings. The zero-order chi connectivity index (χ0) is 47.3. The summed E-state index contributed by atoms with van der Waals surface area (Å²) in [6.45, 7) is 14.2. The van der Waals surface area contributed by atoms with Gasteiger partial charge < -0.3 is 54.9 Å². The Bertz CT molecular complexity index is 2950. The van der Waals surface area contributed by atoms with E-state index in [-0.39, 0.29) is 70.0 Å². The van der Waals surface area contributed by atoms with E-state index in [1.54, 1.807) is 12.1 Å². The molecule has 5 aromatic carbocycles. The number of benzene rings is 6. The number of aliphatic hydroxyl groups is 2. The molecule has 5 aromatic rings. The smallest absolute Gasteiger partial charge is 1.00 e. The van der Waals surface area contributed by atoms with Crippen molar-refractivity contribution in [3.05, 3.63) is 153 Å². The Kier molecular flexibility index (Phi) is 17.9. The largest absolute Gasteiger partial charge is 1.00 e. The van der Waals surface area contributed by atoms with Crippen molar-refractivity contribution in [1.82, 2.24) is 4.58 Å². The monoisotopic (exact) mass is 956 g/mol. The number of fused-ring (bicyclic) bond motifs is 4. The molecule has 4 N–H and O–H groups in total. The van der Waals surface area contributed by atoms with Crippen LogP contribution in [0.2, 0.25) is 0 Å². The normalized spacial score (nSPS) is 15.7. The van der Waals surface area contributed by atoms with E-state index >= 15 is 0 Å². The molecule has 10 rings (SSSR count). The Morgan fingerprint density at radius 1 is 0.629 bits per heavy atom. The van der Waals surface area contributed by atoms with E-state index in [0.29, 0.717) is 54.6 Å². The predicted octanol–water partition coefficient (Wildman–Crippen LogP) is 6.84. The van der Waals surface area contributed by atoms with E-state index in [0.717, 1.165) is 106 Å². The number of aliphatic hydroxyl groups excluding tert-OH is 2. The van der Waals surface area contributed by atoms with Crippen molar-refractivity contribution in [2.45, 2.75) is 72.2 Å². The molecule has 0 bridgehead atoms. The summed E-state index contributed by atoms with van der Waals surface area (Å²) in [4.78, 5) is 2.27. The minimum absolute atomic E-state index is 0. The van der Waals surface area contributed by atoms with Crippen LogP contribution in [0.3, 0.4) is 0 Å². The number of rotatable bonds is 11. The maximum atomic E-state index is 10.9. The van der Waals surface area contributed by atoms with Crippen LogP contribution in [0.5, 0.6) is 23.0 Å². The average molecular weight is 957 g/mol. The molecule has 2 saturated heterocycles. The van der Waals surface area contributed by atoms with Crippen molar-refractivity contribution >= 4 is 25.1 Å². The first-order valence-corrected chi connectivity index (χ1v) is 23.9. The second-order valence-corrected chi connectivity index (χ2v) is 17.1. The third-order valence-electron chi connectivity index (χ3n) is 13.3. The second-order valence-electron chi connectivity index (χ2n) is 17.1. The van der Waals surface area contributed by atoms with Crippen LogP contribution in [0, 0.1) is 0 Å². The Morgan fingerprint density at radius 3 is 1.89 bits per heavy atom. The Hall–Kier alpha value is -5.19. The first-order chi connectivity index (χ1) is 33.3. The molecular weight excluding hydrogens is 894 g/mol. The standard InChI is InChI=1S/C28H31NO5.C28H29NO5.B.Na.H/c2*1-3-29(4-2)19-10-11-21-24(16-19)34-27-22(25(21)20-9-6-5-8-18(20)17-30)12-13-23(31)26(27)28-32-14-7-15-33-28;;;/h5-6,8-13,16,25,28,30-31H,3-4,7,14-15,17H2,1-2H3;5-6,8-13,16,28,30H,3-4,7,14-15,17H2,1-2H3;;;/q;;;+1;-1/p+1. The molecule has 1 aliphatic carbocycles. The number of hydrogen-bond acceptors (Lipinski definition) is 11. The van der Waals surface area contributed by atoms with Gasteiger partial charge in [0, 0.05) is 72.9 Å². The minimum Gasteiger partial charge on any atom is -1.00 e. The first kappa shape index (κ1) is 52.6. The number of hydrogen-bond donors (Lipinski definition) is 4. The van der Waals surface area contributed by atoms with Crippen molar-refractivity contribution in [1.29, 1.82) is 0 Å². The van der Waals surface area contributed by atoms with Gasteiger partial charge in [-0.15, -0.1) is 0 Å². The quantitative estimate of drug-likeness (QED) is 0.0615. The maximum Gasteiger partial charge on any atom is 1.00 e. The molecule has 12 nitrogen and oxygen atoms in total. The van der Waals surface area contributed by atoms with Gasteiger partial charge in [0.2, 0.25) is 5.36 Å². The van der Waals surface area contributed by atoms with Crippen LogP contribution >= 0.6 is 0 Å². The minimum atomic E-state index is -0.703. The molecular formula is C56H62BN2NaO10+. The fraction of sp³-hybridized carbons (Fsp3) is 0.339. The molecule has 0 amide bonds. The molecule has 1 atom stereocenters. The SMILES string of the molecule is CCN(CC)c1ccc2c(c1)Oc1c(ccc(O)c1C1OCCCO1)C2c1ccccc1CO.CC[N+](CC)=c1ccc2c(-c3ccccc3CO)c3ccc(O)c(C4OCCCO4)c3oc-2c1.[B].[H-].[Na+]. The molecule has 4 aliphatic heterocycles. The molecule has 359 valence electrons. The summed E-state index contributed by atoms with van der Waals surface area (Å²) in [6.07, 6.45) is 0.232. The number of anilines is 1. The maximum absolute atomic E-state index is 10.9. The number of aromatic hydroxyl groups is 2. The first-order valence-electron chi connectivity index (χ1n) is 23.9. The van der Waals surface area contributed by atoms with Gasteiger partial charge >= 0.3 is 29.6 Å². The zero-order valence-electron chi connectivity index (χ0n) is 41.8. The van der Waals surface area contributed by atoms with Gasteiger partial charge in [0.1, 0.15) is 47.4 Å². The van der Waals surface area contributed by atoms with E-state index in [1.807, 2.05) is 66.7 Å². The average Bonchev–Trinajstić information content (AvgIpc) is 3.38. The molecule has 0 spiro atoms. The molecule has 14 heteroatoms. The number of phenolic OH excluding ortho intramolecular Hbond substituents is 2. The molecule has 1 unspecified atom stereocenters. The number of nitrogens with zero attached hydrogens (tertiary/aromatic N) is 2. The van der Waals surface area contributed by atoms with Crippen LogP contribution in [0.4, 0.5) is 5.69 Å². The fourth-order valence-corrected chi connectivity index (χ4v) is 9.85. The van der Waals surface area contributed by atoms with Crippen molar-refractivity contribution in [3.8, 4) is 45.4 Å². The summed E-state index contributed by atoms with van der Waals surface area (Å²) in [6, 6.07) is 35.4. The van der Waals surface area contributed by atoms with Crippen LogP contribution < -0.4 is 49.1 Å². The van der Waals surface area contributed by atoms with Crippen molar-refractivity contribution in [3.63, 3.8) is 0 Å². The van der Waals surface area contributed by atoms with E-state index in [2.05, 4.69) is 67.5 Å². The summed E-state index contributed by atoms with van der Waals surface area (Å²) in [5, 5.41) is 43.8. The van der Waals surface area contributed by atoms with Crippen LogP contribution in [0.15, 0.2) is 114 Å². The van der Waals surface area contributed by atoms with Crippen LogP contribution in [0.25, 0.3) is 33.4 Å². The summed E-state index contributed by atoms with van der Waals surface area (Å²) in [7, 11) is 0. The summed E-state index contributed by atoms with van der Waals surface area (Å²) in [5.41, 5.74) is 10.0. The summed E-state index contributed by atoms with van der Waals surface area (Å²) in [5.74, 6) is 1.98. The van der Waals surface area contributed by atoms with Gasteiger partial charge in [-0.2, -0.15) is 0 Å². The van der Waals surface area contributed by atoms with Crippen LogP contribution in [-0.2, 0) is 32.2 Å². The zero-order valence-corrected chi connectivity index (χ0v) is 42.8. The Labute approximate surface area is 435 Å². The van der Waals surface area contributed by atoms with Gasteiger partial charge in [-0.3, -0.25) is 0 Å². The van der Waals surface area contributed by atoms with E-state index in [4.69, 9.17) is 28.1 Å². The van der Waals surface area contributed by atoms with Gasteiger partial charge in [-0.1, -0.05) is 60.7 Å². The second kappa shape index (κ2) is 23.8. The Morgan fingerprint density at radius 2 is 1.23 bits per heavy atom. The molecule has 3 radical (unpaired) electrons.